The van der Waals surface area contributed by atoms with E-state index in [2.05, 4.69) is 42.2 Å². The molecule has 0 radical (unpaired) electrons. The summed E-state index contributed by atoms with van der Waals surface area (Å²) in [6, 6.07) is 12.4. The smallest absolute Gasteiger partial charge is 0.152 e. The molecule has 0 bridgehead atoms. The Labute approximate surface area is 123 Å². The molecule has 1 aromatic carbocycles. The third-order valence-corrected chi connectivity index (χ3v) is 4.78. The Morgan fingerprint density at radius 1 is 1.30 bits per heavy atom. The number of nitrogens with zero attached hydrogens (tertiary/aromatic N) is 1. The fraction of sp³-hybridized carbons (Fsp3) is 0.294. The molecule has 0 fully saturated rings. The summed E-state index contributed by atoms with van der Waals surface area (Å²) < 4.78 is 0. The largest absolute Gasteiger partial charge is 0.298 e. The molecular formula is C17H17NOS. The second-order valence-corrected chi connectivity index (χ2v) is 6.26. The van der Waals surface area contributed by atoms with Crippen LogP contribution in [-0.4, -0.2) is 16.5 Å². The Morgan fingerprint density at radius 3 is 2.90 bits per heavy atom. The van der Waals surface area contributed by atoms with Gasteiger partial charge in [-0.05, 0) is 43.5 Å². The molecule has 1 heterocycles. The van der Waals surface area contributed by atoms with Crippen LogP contribution in [0.4, 0.5) is 0 Å². The molecule has 2 nitrogen and oxygen atoms in total. The predicted octanol–water partition coefficient (Wildman–Crippen LogP) is 3.78. The first-order valence-electron chi connectivity index (χ1n) is 6.90. The van der Waals surface area contributed by atoms with E-state index >= 15 is 0 Å². The second-order valence-electron chi connectivity index (χ2n) is 5.21. The molecule has 3 heteroatoms. The van der Waals surface area contributed by atoms with Gasteiger partial charge < -0.3 is 0 Å². The van der Waals surface area contributed by atoms with Crippen LogP contribution in [0.15, 0.2) is 47.5 Å². The predicted molar refractivity (Wildman–Crippen MR) is 82.2 cm³/mol. The van der Waals surface area contributed by atoms with Crippen LogP contribution in [-0.2, 0) is 11.2 Å². The summed E-state index contributed by atoms with van der Waals surface area (Å²) in [6.07, 6.45) is 3.69. The molecule has 3 rings (SSSR count). The van der Waals surface area contributed by atoms with E-state index in [-0.39, 0.29) is 5.92 Å². The summed E-state index contributed by atoms with van der Waals surface area (Å²) in [5, 5.41) is 0. The quantitative estimate of drug-likeness (QED) is 0.800. The Morgan fingerprint density at radius 2 is 2.10 bits per heavy atom. The number of rotatable bonds is 4. The standard InChI is InChI=1S/C17H17NOS/c1-12-4-7-14(8-5-12)20-11-16(19)15-9-6-13-3-2-10-18-17(13)15/h2-5,7-8,10,15H,6,9,11H2,1H3. The zero-order valence-corrected chi connectivity index (χ0v) is 12.3. The number of fused-ring (bicyclic) bond motifs is 1. The summed E-state index contributed by atoms with van der Waals surface area (Å²) in [4.78, 5) is 17.9. The molecule has 0 amide bonds. The van der Waals surface area contributed by atoms with E-state index in [9.17, 15) is 4.79 Å². The SMILES string of the molecule is Cc1ccc(SCC(=O)C2CCc3cccnc32)cc1. The van der Waals surface area contributed by atoms with Gasteiger partial charge in [-0.25, -0.2) is 0 Å². The zero-order valence-electron chi connectivity index (χ0n) is 11.5. The average Bonchev–Trinajstić information content (AvgIpc) is 2.90. The number of thioether (sulfide) groups is 1. The maximum atomic E-state index is 12.4. The highest BCUT2D eigenvalue weighted by atomic mass is 32.2. The van der Waals surface area contributed by atoms with Gasteiger partial charge in [0.05, 0.1) is 17.4 Å². The molecular weight excluding hydrogens is 266 g/mol. The lowest BCUT2D eigenvalue weighted by molar-refractivity contribution is -0.118. The van der Waals surface area contributed by atoms with E-state index in [1.165, 1.54) is 11.1 Å². The third kappa shape index (κ3) is 2.78. The van der Waals surface area contributed by atoms with E-state index in [1.54, 1.807) is 18.0 Å². The first-order valence-corrected chi connectivity index (χ1v) is 7.88. The minimum Gasteiger partial charge on any atom is -0.298 e. The van der Waals surface area contributed by atoms with Gasteiger partial charge in [0, 0.05) is 11.1 Å². The summed E-state index contributed by atoms with van der Waals surface area (Å²) in [7, 11) is 0. The summed E-state index contributed by atoms with van der Waals surface area (Å²) in [5.74, 6) is 0.834. The maximum absolute atomic E-state index is 12.4. The Balaban J connectivity index is 1.65. The Kier molecular flexibility index (Phi) is 3.88. The minimum absolute atomic E-state index is 0.00384. The highest BCUT2D eigenvalue weighted by molar-refractivity contribution is 8.00. The fourth-order valence-corrected chi connectivity index (χ4v) is 3.45. The highest BCUT2D eigenvalue weighted by Crippen LogP contribution is 2.33. The van der Waals surface area contributed by atoms with Crippen molar-refractivity contribution in [3.63, 3.8) is 0 Å². The van der Waals surface area contributed by atoms with Gasteiger partial charge in [0.25, 0.3) is 0 Å². The molecule has 2 aromatic rings. The van der Waals surface area contributed by atoms with E-state index < -0.39 is 0 Å². The number of hydrogen-bond donors (Lipinski definition) is 0. The number of ketones is 1. The van der Waals surface area contributed by atoms with Crippen molar-refractivity contribution in [2.45, 2.75) is 30.6 Å². The number of carbonyl (C=O) groups excluding carboxylic acids is 1. The number of aryl methyl sites for hydroxylation is 2. The lowest BCUT2D eigenvalue weighted by Gasteiger charge is -2.09. The van der Waals surface area contributed by atoms with Gasteiger partial charge >= 0.3 is 0 Å². The zero-order chi connectivity index (χ0) is 13.9. The molecule has 0 aliphatic heterocycles. The van der Waals surface area contributed by atoms with E-state index in [0.29, 0.717) is 11.5 Å². The Bertz CT molecular complexity index is 621. The van der Waals surface area contributed by atoms with E-state index in [0.717, 1.165) is 23.4 Å². The number of pyridine rings is 1. The molecule has 1 aromatic heterocycles. The fourth-order valence-electron chi connectivity index (χ4n) is 2.62. The molecule has 1 unspecified atom stereocenters. The number of carbonyl (C=O) groups is 1. The van der Waals surface area contributed by atoms with E-state index in [1.807, 2.05) is 6.07 Å². The van der Waals surface area contributed by atoms with Gasteiger partial charge in [0.2, 0.25) is 0 Å². The summed E-state index contributed by atoms with van der Waals surface area (Å²) in [5.41, 5.74) is 3.49. The lowest BCUT2D eigenvalue weighted by Crippen LogP contribution is -2.13. The van der Waals surface area contributed by atoms with Gasteiger partial charge in [-0.3, -0.25) is 9.78 Å². The molecule has 20 heavy (non-hydrogen) atoms. The van der Waals surface area contributed by atoms with Crippen LogP contribution in [0, 0.1) is 6.92 Å². The summed E-state index contributed by atoms with van der Waals surface area (Å²) >= 11 is 1.62. The van der Waals surface area contributed by atoms with Gasteiger partial charge in [0.1, 0.15) is 0 Å². The van der Waals surface area contributed by atoms with Gasteiger partial charge in [-0.15, -0.1) is 11.8 Å². The van der Waals surface area contributed by atoms with Crippen molar-refractivity contribution in [1.82, 2.24) is 4.98 Å². The molecule has 102 valence electrons. The lowest BCUT2D eigenvalue weighted by atomic mass is 10.0. The van der Waals surface area contributed by atoms with Crippen molar-refractivity contribution < 1.29 is 4.79 Å². The highest BCUT2D eigenvalue weighted by Gasteiger charge is 2.29. The van der Waals surface area contributed by atoms with Crippen molar-refractivity contribution in [2.24, 2.45) is 0 Å². The third-order valence-electron chi connectivity index (χ3n) is 3.75. The van der Waals surface area contributed by atoms with Crippen LogP contribution in [0.5, 0.6) is 0 Å². The van der Waals surface area contributed by atoms with Crippen molar-refractivity contribution in [3.8, 4) is 0 Å². The van der Waals surface area contributed by atoms with Crippen LogP contribution >= 0.6 is 11.8 Å². The molecule has 0 N–H and O–H groups in total. The normalized spacial score (nSPS) is 16.9. The van der Waals surface area contributed by atoms with Crippen LogP contribution < -0.4 is 0 Å². The molecule has 1 aliphatic carbocycles. The number of Topliss-reactive ketones (excluding diaryl/α,β-unsaturated/α-hetero) is 1. The minimum atomic E-state index is 0.00384. The summed E-state index contributed by atoms with van der Waals surface area (Å²) in [6.45, 7) is 2.07. The van der Waals surface area contributed by atoms with Crippen LogP contribution in [0.1, 0.15) is 29.2 Å². The monoisotopic (exact) mass is 283 g/mol. The topological polar surface area (TPSA) is 30.0 Å². The van der Waals surface area contributed by atoms with Crippen LogP contribution in [0.3, 0.4) is 0 Å². The average molecular weight is 283 g/mol. The van der Waals surface area contributed by atoms with Crippen LogP contribution in [0.25, 0.3) is 0 Å². The van der Waals surface area contributed by atoms with Gasteiger partial charge in [0.15, 0.2) is 5.78 Å². The molecule has 1 atom stereocenters. The van der Waals surface area contributed by atoms with Crippen molar-refractivity contribution in [2.75, 3.05) is 5.75 Å². The Hall–Kier alpha value is -1.61. The van der Waals surface area contributed by atoms with Crippen molar-refractivity contribution in [1.29, 1.82) is 0 Å². The van der Waals surface area contributed by atoms with Crippen LogP contribution in [0.2, 0.25) is 0 Å². The number of hydrogen-bond acceptors (Lipinski definition) is 3. The van der Waals surface area contributed by atoms with E-state index in [4.69, 9.17) is 0 Å². The van der Waals surface area contributed by atoms with Crippen molar-refractivity contribution >= 4 is 17.5 Å². The molecule has 0 saturated carbocycles. The molecule has 1 aliphatic rings. The number of benzene rings is 1. The molecule has 0 saturated heterocycles. The first-order chi connectivity index (χ1) is 9.74. The first kappa shape index (κ1) is 13.4. The second kappa shape index (κ2) is 5.80. The van der Waals surface area contributed by atoms with Gasteiger partial charge in [-0.1, -0.05) is 23.8 Å². The molecule has 0 spiro atoms. The number of aromatic nitrogens is 1. The van der Waals surface area contributed by atoms with Gasteiger partial charge in [-0.2, -0.15) is 0 Å². The van der Waals surface area contributed by atoms with Crippen molar-refractivity contribution in [3.05, 3.63) is 59.4 Å². The maximum Gasteiger partial charge on any atom is 0.152 e.